The number of nitrogens with zero attached hydrogens (tertiary/aromatic N) is 2. The highest BCUT2D eigenvalue weighted by Gasteiger charge is 2.15. The number of hydrogen-bond acceptors (Lipinski definition) is 5. The van der Waals surface area contributed by atoms with E-state index in [0.717, 1.165) is 0 Å². The lowest BCUT2D eigenvalue weighted by atomic mass is 10.1. The van der Waals surface area contributed by atoms with Gasteiger partial charge in [0.1, 0.15) is 0 Å². The van der Waals surface area contributed by atoms with E-state index < -0.39 is 0 Å². The number of rotatable bonds is 5. The molecule has 1 heterocycles. The van der Waals surface area contributed by atoms with E-state index in [1.807, 2.05) is 0 Å². The Morgan fingerprint density at radius 1 is 1.17 bits per heavy atom. The quantitative estimate of drug-likeness (QED) is 0.789. The molecular weight excluding hydrogens is 228 g/mol. The largest absolute Gasteiger partial charge is 0.407 e. The zero-order valence-corrected chi connectivity index (χ0v) is 11.4. The Morgan fingerprint density at radius 3 is 2.56 bits per heavy atom. The van der Waals surface area contributed by atoms with Gasteiger partial charge in [-0.15, -0.1) is 5.10 Å². The SMILES string of the molecule is CC(C)NCc1nnc(NC2CCCCCC2)o1. The van der Waals surface area contributed by atoms with Gasteiger partial charge in [0.25, 0.3) is 0 Å². The van der Waals surface area contributed by atoms with Crippen molar-refractivity contribution in [3.05, 3.63) is 5.89 Å². The highest BCUT2D eigenvalue weighted by molar-refractivity contribution is 5.19. The first-order chi connectivity index (χ1) is 8.74. The Hall–Kier alpha value is -1.10. The van der Waals surface area contributed by atoms with Gasteiger partial charge in [0.05, 0.1) is 6.54 Å². The summed E-state index contributed by atoms with van der Waals surface area (Å²) in [7, 11) is 0. The van der Waals surface area contributed by atoms with Gasteiger partial charge in [0.15, 0.2) is 0 Å². The van der Waals surface area contributed by atoms with Crippen molar-refractivity contribution in [3.8, 4) is 0 Å². The zero-order chi connectivity index (χ0) is 12.8. The van der Waals surface area contributed by atoms with E-state index in [1.54, 1.807) is 0 Å². The average molecular weight is 252 g/mol. The van der Waals surface area contributed by atoms with Gasteiger partial charge in [-0.25, -0.2) is 0 Å². The second-order valence-electron chi connectivity index (χ2n) is 5.37. The molecule has 0 spiro atoms. The van der Waals surface area contributed by atoms with Gasteiger partial charge < -0.3 is 15.1 Å². The van der Waals surface area contributed by atoms with Crippen molar-refractivity contribution in [3.63, 3.8) is 0 Å². The molecule has 0 aromatic carbocycles. The van der Waals surface area contributed by atoms with Crippen LogP contribution in [0.2, 0.25) is 0 Å². The van der Waals surface area contributed by atoms with Gasteiger partial charge >= 0.3 is 6.01 Å². The van der Waals surface area contributed by atoms with E-state index >= 15 is 0 Å². The molecule has 102 valence electrons. The highest BCUT2D eigenvalue weighted by Crippen LogP contribution is 2.20. The molecule has 2 rings (SSSR count). The lowest BCUT2D eigenvalue weighted by Crippen LogP contribution is -2.22. The second kappa shape index (κ2) is 6.73. The molecule has 0 bridgehead atoms. The van der Waals surface area contributed by atoms with Crippen LogP contribution in [0.4, 0.5) is 6.01 Å². The van der Waals surface area contributed by atoms with Crippen LogP contribution in [0.5, 0.6) is 0 Å². The van der Waals surface area contributed by atoms with Crippen LogP contribution in [0.1, 0.15) is 58.3 Å². The van der Waals surface area contributed by atoms with E-state index in [2.05, 4.69) is 34.7 Å². The predicted molar refractivity (Wildman–Crippen MR) is 71.4 cm³/mol. The molecule has 1 fully saturated rings. The molecule has 5 nitrogen and oxygen atoms in total. The molecule has 0 atom stereocenters. The van der Waals surface area contributed by atoms with Crippen LogP contribution in [0, 0.1) is 0 Å². The number of hydrogen-bond donors (Lipinski definition) is 2. The molecule has 1 saturated carbocycles. The number of anilines is 1. The van der Waals surface area contributed by atoms with Crippen molar-refractivity contribution < 1.29 is 4.42 Å². The van der Waals surface area contributed by atoms with Crippen LogP contribution in [-0.2, 0) is 6.54 Å². The summed E-state index contributed by atoms with van der Waals surface area (Å²) in [5.74, 6) is 0.653. The summed E-state index contributed by atoms with van der Waals surface area (Å²) in [6.45, 7) is 4.83. The van der Waals surface area contributed by atoms with Gasteiger partial charge in [-0.1, -0.05) is 44.6 Å². The minimum absolute atomic E-state index is 0.426. The summed E-state index contributed by atoms with van der Waals surface area (Å²) >= 11 is 0. The number of aromatic nitrogens is 2. The van der Waals surface area contributed by atoms with Gasteiger partial charge in [-0.3, -0.25) is 0 Å². The molecule has 0 saturated heterocycles. The van der Waals surface area contributed by atoms with Crippen molar-refractivity contribution >= 4 is 6.01 Å². The van der Waals surface area contributed by atoms with Crippen LogP contribution < -0.4 is 10.6 Å². The molecule has 5 heteroatoms. The van der Waals surface area contributed by atoms with Crippen LogP contribution in [0.25, 0.3) is 0 Å². The fraction of sp³-hybridized carbons (Fsp3) is 0.846. The lowest BCUT2D eigenvalue weighted by Gasteiger charge is -2.13. The third-order valence-electron chi connectivity index (χ3n) is 3.31. The van der Waals surface area contributed by atoms with E-state index in [4.69, 9.17) is 4.42 Å². The molecule has 1 aromatic heterocycles. The van der Waals surface area contributed by atoms with Crippen molar-refractivity contribution in [2.24, 2.45) is 0 Å². The summed E-state index contributed by atoms with van der Waals surface area (Å²) in [6, 6.07) is 1.50. The van der Waals surface area contributed by atoms with Crippen LogP contribution in [0.3, 0.4) is 0 Å². The summed E-state index contributed by atoms with van der Waals surface area (Å²) in [5, 5.41) is 14.7. The van der Waals surface area contributed by atoms with E-state index in [1.165, 1.54) is 38.5 Å². The van der Waals surface area contributed by atoms with Crippen molar-refractivity contribution in [1.82, 2.24) is 15.5 Å². The van der Waals surface area contributed by atoms with Crippen molar-refractivity contribution in [2.75, 3.05) is 5.32 Å². The van der Waals surface area contributed by atoms with Crippen LogP contribution >= 0.6 is 0 Å². The summed E-state index contributed by atoms with van der Waals surface area (Å²) < 4.78 is 5.58. The van der Waals surface area contributed by atoms with Crippen LogP contribution in [0.15, 0.2) is 4.42 Å². The standard InChI is InChI=1S/C13H24N4O/c1-10(2)14-9-12-16-17-13(18-12)15-11-7-5-3-4-6-8-11/h10-11,14H,3-9H2,1-2H3,(H,15,17). The van der Waals surface area contributed by atoms with Gasteiger partial charge in [-0.2, -0.15) is 0 Å². The Kier molecular flexibility index (Phi) is 4.99. The topological polar surface area (TPSA) is 63.0 Å². The van der Waals surface area contributed by atoms with E-state index in [-0.39, 0.29) is 0 Å². The van der Waals surface area contributed by atoms with Crippen molar-refractivity contribution in [2.45, 2.75) is 71.0 Å². The molecule has 1 aromatic rings. The highest BCUT2D eigenvalue weighted by atomic mass is 16.4. The van der Waals surface area contributed by atoms with Gasteiger partial charge in [0.2, 0.25) is 5.89 Å². The van der Waals surface area contributed by atoms with Crippen molar-refractivity contribution in [1.29, 1.82) is 0 Å². The normalized spacial score (nSPS) is 17.9. The molecule has 0 aliphatic heterocycles. The molecule has 1 aliphatic rings. The molecule has 1 aliphatic carbocycles. The summed E-state index contributed by atoms with van der Waals surface area (Å²) in [6.07, 6.45) is 7.72. The molecule has 0 unspecified atom stereocenters. The van der Waals surface area contributed by atoms with E-state index in [0.29, 0.717) is 30.5 Å². The minimum atomic E-state index is 0.426. The summed E-state index contributed by atoms with van der Waals surface area (Å²) in [5.41, 5.74) is 0. The Bertz CT molecular complexity index is 343. The average Bonchev–Trinajstić information content (AvgIpc) is 2.62. The first-order valence-electron chi connectivity index (χ1n) is 7.06. The predicted octanol–water partition coefficient (Wildman–Crippen LogP) is 2.70. The lowest BCUT2D eigenvalue weighted by molar-refractivity contribution is 0.452. The number of nitrogens with one attached hydrogen (secondary N) is 2. The Labute approximate surface area is 109 Å². The minimum Gasteiger partial charge on any atom is -0.407 e. The molecule has 2 N–H and O–H groups in total. The Morgan fingerprint density at radius 2 is 1.89 bits per heavy atom. The maximum atomic E-state index is 5.58. The molecule has 0 amide bonds. The van der Waals surface area contributed by atoms with Gasteiger partial charge in [0, 0.05) is 12.1 Å². The fourth-order valence-electron chi connectivity index (χ4n) is 2.27. The third kappa shape index (κ3) is 4.29. The third-order valence-corrected chi connectivity index (χ3v) is 3.31. The Balaban J connectivity index is 1.81. The monoisotopic (exact) mass is 252 g/mol. The van der Waals surface area contributed by atoms with E-state index in [9.17, 15) is 0 Å². The van der Waals surface area contributed by atoms with Crippen LogP contribution in [-0.4, -0.2) is 22.3 Å². The second-order valence-corrected chi connectivity index (χ2v) is 5.37. The molecule has 18 heavy (non-hydrogen) atoms. The zero-order valence-electron chi connectivity index (χ0n) is 11.4. The fourth-order valence-corrected chi connectivity index (χ4v) is 2.27. The first kappa shape index (κ1) is 13.3. The molecule has 0 radical (unpaired) electrons. The summed E-state index contributed by atoms with van der Waals surface area (Å²) in [4.78, 5) is 0. The smallest absolute Gasteiger partial charge is 0.315 e. The first-order valence-corrected chi connectivity index (χ1v) is 7.06. The molecular formula is C13H24N4O. The maximum Gasteiger partial charge on any atom is 0.315 e. The maximum absolute atomic E-state index is 5.58. The van der Waals surface area contributed by atoms with Gasteiger partial charge in [-0.05, 0) is 12.8 Å².